The fraction of sp³-hybridized carbons (Fsp3) is 0.700. The molecule has 4 rings (SSSR count). The predicted molar refractivity (Wildman–Crippen MR) is 138 cm³/mol. The fourth-order valence-corrected chi connectivity index (χ4v) is 7.52. The summed E-state index contributed by atoms with van der Waals surface area (Å²) in [6, 6.07) is 0. The van der Waals surface area contributed by atoms with Gasteiger partial charge in [0.15, 0.2) is 11.4 Å². The van der Waals surface area contributed by atoms with Crippen LogP contribution >= 0.6 is 0 Å². The van der Waals surface area contributed by atoms with Gasteiger partial charge in [-0.3, -0.25) is 9.59 Å². The number of aliphatic hydroxyl groups excluding tert-OH is 1. The van der Waals surface area contributed by atoms with E-state index < -0.39 is 52.4 Å². The van der Waals surface area contributed by atoms with Gasteiger partial charge in [-0.2, -0.15) is 0 Å². The topological polar surface area (TPSA) is 110 Å². The van der Waals surface area contributed by atoms with Gasteiger partial charge in [-0.15, -0.1) is 0 Å². The number of carbonyl (C=O) groups excluding carboxylic acids is 3. The van der Waals surface area contributed by atoms with Crippen LogP contribution in [0.1, 0.15) is 68.2 Å². The quantitative estimate of drug-likeness (QED) is 0.314. The molecule has 0 aromatic rings. The lowest BCUT2D eigenvalue weighted by Gasteiger charge is -2.52. The maximum Gasteiger partial charge on any atom is 0.333 e. The van der Waals surface area contributed by atoms with Gasteiger partial charge in [0.2, 0.25) is 0 Å². The van der Waals surface area contributed by atoms with E-state index in [0.717, 1.165) is 0 Å². The van der Waals surface area contributed by atoms with Crippen molar-refractivity contribution in [2.24, 2.45) is 40.9 Å². The second-order valence-electron chi connectivity index (χ2n) is 12.3. The highest BCUT2D eigenvalue weighted by atomic mass is 16.6. The molecule has 9 atom stereocenters. The first-order valence-electron chi connectivity index (χ1n) is 13.6. The van der Waals surface area contributed by atoms with Crippen molar-refractivity contribution in [2.75, 3.05) is 6.61 Å². The van der Waals surface area contributed by atoms with E-state index in [1.807, 2.05) is 46.8 Å². The summed E-state index contributed by atoms with van der Waals surface area (Å²) in [6.07, 6.45) is 5.47. The Bertz CT molecular complexity index is 1100. The molecule has 0 saturated heterocycles. The van der Waals surface area contributed by atoms with Crippen LogP contribution in [0.2, 0.25) is 0 Å². The van der Waals surface area contributed by atoms with Crippen molar-refractivity contribution in [2.45, 2.75) is 85.5 Å². The van der Waals surface area contributed by atoms with E-state index in [9.17, 15) is 24.6 Å². The van der Waals surface area contributed by atoms with E-state index in [4.69, 9.17) is 9.47 Å². The summed E-state index contributed by atoms with van der Waals surface area (Å²) in [5.41, 5.74) is -1.51. The van der Waals surface area contributed by atoms with E-state index in [-0.39, 0.29) is 30.2 Å². The Morgan fingerprint density at radius 2 is 1.89 bits per heavy atom. The molecular formula is C30H42O7. The second-order valence-corrected chi connectivity index (χ2v) is 12.3. The van der Waals surface area contributed by atoms with E-state index >= 15 is 0 Å². The predicted octanol–water partition coefficient (Wildman–Crippen LogP) is 3.93. The number of carbonyl (C=O) groups is 3. The van der Waals surface area contributed by atoms with Crippen molar-refractivity contribution < 1.29 is 34.1 Å². The van der Waals surface area contributed by atoms with Crippen molar-refractivity contribution in [3.63, 3.8) is 0 Å². The fourth-order valence-electron chi connectivity index (χ4n) is 7.52. The largest absolute Gasteiger partial charge is 0.454 e. The van der Waals surface area contributed by atoms with Crippen LogP contribution in [0.25, 0.3) is 0 Å². The molecule has 2 N–H and O–H groups in total. The van der Waals surface area contributed by atoms with E-state index in [2.05, 4.69) is 0 Å². The summed E-state index contributed by atoms with van der Waals surface area (Å²) in [6.45, 7) is 14.5. The monoisotopic (exact) mass is 514 g/mol. The molecule has 0 amide bonds. The third-order valence-electron chi connectivity index (χ3n) is 10.2. The highest BCUT2D eigenvalue weighted by Crippen LogP contribution is 2.77. The third kappa shape index (κ3) is 3.71. The molecule has 7 nitrogen and oxygen atoms in total. The van der Waals surface area contributed by atoms with Crippen LogP contribution in [0.3, 0.4) is 0 Å². The van der Waals surface area contributed by atoms with Crippen LogP contribution in [-0.2, 0) is 23.9 Å². The van der Waals surface area contributed by atoms with Gasteiger partial charge >= 0.3 is 11.9 Å². The first kappa shape index (κ1) is 27.8. The minimum absolute atomic E-state index is 0.0287. The minimum atomic E-state index is -1.45. The first-order valence-corrected chi connectivity index (χ1v) is 13.6. The summed E-state index contributed by atoms with van der Waals surface area (Å²) in [5.74, 6) is -3.79. The molecule has 2 saturated carbocycles. The van der Waals surface area contributed by atoms with Crippen molar-refractivity contribution in [3.05, 3.63) is 34.9 Å². The number of rotatable bonds is 6. The zero-order valence-corrected chi connectivity index (χ0v) is 23.3. The molecule has 0 aromatic heterocycles. The average Bonchev–Trinajstić information content (AvgIpc) is 3.26. The maximum absolute atomic E-state index is 13.2. The molecule has 0 radical (unpaired) electrons. The number of aliphatic hydroxyl groups is 2. The maximum atomic E-state index is 13.2. The van der Waals surface area contributed by atoms with Gasteiger partial charge < -0.3 is 19.7 Å². The second kappa shape index (κ2) is 9.19. The van der Waals surface area contributed by atoms with Gasteiger partial charge in [0, 0.05) is 40.6 Å². The van der Waals surface area contributed by atoms with Gasteiger partial charge in [0.1, 0.15) is 6.10 Å². The van der Waals surface area contributed by atoms with E-state index in [1.165, 1.54) is 0 Å². The number of hydrogen-bond donors (Lipinski definition) is 2. The number of esters is 2. The van der Waals surface area contributed by atoms with Crippen LogP contribution < -0.4 is 0 Å². The standard InChI is InChI=1S/C30H42O7/c1-9-15(3)26(33)36-25-18(6)29(35)21-11-17(5)23(32)20(21)12-19(14-31)13-22(29)24-28(7,8)30(24,25)37-27(34)16(4)10-2/h9,11,13,16,18,20-22,24-25,31,35H,10,12,14H2,1-8H3/b15-9+/t16-,18+,20+,21+,22-,24+,25+,29-,30+/m0/s1. The van der Waals surface area contributed by atoms with Gasteiger partial charge in [0.05, 0.1) is 18.1 Å². The normalized spacial score (nSPS) is 40.8. The first-order chi connectivity index (χ1) is 17.2. The Balaban J connectivity index is 1.92. The lowest BCUT2D eigenvalue weighted by atomic mass is 9.59. The Hall–Kier alpha value is -2.25. The molecule has 0 aliphatic heterocycles. The molecule has 4 aliphatic carbocycles. The van der Waals surface area contributed by atoms with Crippen molar-refractivity contribution >= 4 is 17.7 Å². The Morgan fingerprint density at radius 3 is 2.46 bits per heavy atom. The summed E-state index contributed by atoms with van der Waals surface area (Å²) >= 11 is 0. The van der Waals surface area contributed by atoms with Crippen LogP contribution in [-0.4, -0.2) is 51.8 Å². The van der Waals surface area contributed by atoms with Crippen LogP contribution in [0.5, 0.6) is 0 Å². The zero-order valence-electron chi connectivity index (χ0n) is 23.3. The molecule has 0 heterocycles. The van der Waals surface area contributed by atoms with Gasteiger partial charge in [-0.25, -0.2) is 4.79 Å². The average molecular weight is 515 g/mol. The molecule has 7 heteroatoms. The number of ketones is 1. The number of hydrogen-bond acceptors (Lipinski definition) is 7. The molecule has 0 spiro atoms. The zero-order chi connectivity index (χ0) is 27.7. The summed E-state index contributed by atoms with van der Waals surface area (Å²) in [7, 11) is 0. The lowest BCUT2D eigenvalue weighted by Crippen LogP contribution is -2.63. The van der Waals surface area contributed by atoms with Gasteiger partial charge in [-0.1, -0.05) is 52.8 Å². The lowest BCUT2D eigenvalue weighted by molar-refractivity contribution is -0.220. The molecule has 2 fully saturated rings. The molecule has 0 aromatic carbocycles. The molecule has 204 valence electrons. The van der Waals surface area contributed by atoms with Crippen LogP contribution in [0.4, 0.5) is 0 Å². The molecule has 37 heavy (non-hydrogen) atoms. The minimum Gasteiger partial charge on any atom is -0.454 e. The van der Waals surface area contributed by atoms with E-state index in [0.29, 0.717) is 29.6 Å². The number of Topliss-reactive ketones (excluding diaryl/α,β-unsaturated/α-hetero) is 1. The van der Waals surface area contributed by atoms with Crippen LogP contribution in [0, 0.1) is 40.9 Å². The van der Waals surface area contributed by atoms with Gasteiger partial charge in [-0.05, 0) is 44.8 Å². The number of fused-ring (bicyclic) bond motifs is 5. The number of allylic oxidation sites excluding steroid dienone is 2. The molecule has 0 bridgehead atoms. The number of ether oxygens (including phenoxy) is 2. The summed E-state index contributed by atoms with van der Waals surface area (Å²) < 4.78 is 12.5. The molecule has 0 unspecified atom stereocenters. The Morgan fingerprint density at radius 1 is 1.24 bits per heavy atom. The summed E-state index contributed by atoms with van der Waals surface area (Å²) in [5, 5.41) is 22.9. The third-order valence-corrected chi connectivity index (χ3v) is 10.2. The Kier molecular flexibility index (Phi) is 6.90. The van der Waals surface area contributed by atoms with E-state index in [1.54, 1.807) is 26.8 Å². The van der Waals surface area contributed by atoms with Crippen molar-refractivity contribution in [1.82, 2.24) is 0 Å². The summed E-state index contributed by atoms with van der Waals surface area (Å²) in [4.78, 5) is 39.5. The van der Waals surface area contributed by atoms with Gasteiger partial charge in [0.25, 0.3) is 0 Å². The van der Waals surface area contributed by atoms with Crippen LogP contribution in [0.15, 0.2) is 34.9 Å². The molecule has 4 aliphatic rings. The highest BCUT2D eigenvalue weighted by Gasteiger charge is 2.87. The van der Waals surface area contributed by atoms with Crippen molar-refractivity contribution in [3.8, 4) is 0 Å². The SMILES string of the molecule is C/C=C(\C)C(=O)O[C@@H]1[C@@H](C)[C@]2(O)[C@@H]3C=C(C)C(=O)[C@@H]3CC(CO)=C[C@H]2[C@@H]2C(C)(C)[C@]12OC(=O)[C@@H](C)CC. The smallest absolute Gasteiger partial charge is 0.333 e. The Labute approximate surface area is 220 Å². The highest BCUT2D eigenvalue weighted by molar-refractivity contribution is 6.00. The molecular weight excluding hydrogens is 472 g/mol. The van der Waals surface area contributed by atoms with Crippen molar-refractivity contribution in [1.29, 1.82) is 0 Å².